The summed E-state index contributed by atoms with van der Waals surface area (Å²) in [7, 11) is -3.58. The maximum atomic E-state index is 13.2. The van der Waals surface area contributed by atoms with Crippen molar-refractivity contribution in [1.29, 1.82) is 0 Å². The number of nitrogens with one attached hydrogen (secondary N) is 1. The number of esters is 1. The fourth-order valence-electron chi connectivity index (χ4n) is 3.01. The zero-order chi connectivity index (χ0) is 24.0. The Labute approximate surface area is 197 Å². The molecule has 0 radical (unpaired) electrons. The molecular formula is C24H22ClNO6S. The molecule has 0 unspecified atom stereocenters. The van der Waals surface area contributed by atoms with Crippen LogP contribution in [0.5, 0.6) is 5.75 Å². The number of para-hydroxylation sites is 2. The first kappa shape index (κ1) is 24.3. The van der Waals surface area contributed by atoms with Gasteiger partial charge in [-0.15, -0.1) is 0 Å². The van der Waals surface area contributed by atoms with E-state index in [1.807, 2.05) is 6.92 Å². The maximum Gasteiger partial charge on any atom is 0.340 e. The maximum absolute atomic E-state index is 13.2. The Hall–Kier alpha value is -3.36. The minimum Gasteiger partial charge on any atom is -0.492 e. The molecule has 0 aliphatic carbocycles. The quantitative estimate of drug-likeness (QED) is 0.463. The average Bonchev–Trinajstić information content (AvgIpc) is 2.78. The summed E-state index contributed by atoms with van der Waals surface area (Å²) in [5.41, 5.74) is 0.675. The van der Waals surface area contributed by atoms with Crippen molar-refractivity contribution in [2.45, 2.75) is 17.9 Å². The smallest absolute Gasteiger partial charge is 0.340 e. The minimum atomic E-state index is -3.58. The van der Waals surface area contributed by atoms with Crippen LogP contribution in [-0.2, 0) is 19.4 Å². The summed E-state index contributed by atoms with van der Waals surface area (Å²) in [4.78, 5) is 26.0. The molecule has 0 aromatic heterocycles. The molecule has 0 bridgehead atoms. The van der Waals surface area contributed by atoms with Crippen molar-refractivity contribution in [3.05, 3.63) is 88.9 Å². The molecule has 1 N–H and O–H groups in total. The van der Waals surface area contributed by atoms with Crippen LogP contribution in [-0.4, -0.2) is 33.2 Å². The zero-order valence-electron chi connectivity index (χ0n) is 17.9. The zero-order valence-corrected chi connectivity index (χ0v) is 19.5. The molecule has 1 atom stereocenters. The summed E-state index contributed by atoms with van der Waals surface area (Å²) in [6.07, 6.45) is -0.312. The van der Waals surface area contributed by atoms with Crippen molar-refractivity contribution in [1.82, 2.24) is 0 Å². The van der Waals surface area contributed by atoms with E-state index in [0.29, 0.717) is 23.6 Å². The Morgan fingerprint density at radius 3 is 2.33 bits per heavy atom. The van der Waals surface area contributed by atoms with E-state index < -0.39 is 27.8 Å². The van der Waals surface area contributed by atoms with Crippen LogP contribution in [0.4, 0.5) is 5.69 Å². The van der Waals surface area contributed by atoms with Crippen LogP contribution in [0.25, 0.3) is 0 Å². The molecule has 3 aromatic rings. The number of carbonyl (C=O) groups is 2. The Balaban J connectivity index is 1.93. The van der Waals surface area contributed by atoms with Gasteiger partial charge >= 0.3 is 5.97 Å². The first-order valence-corrected chi connectivity index (χ1v) is 12.3. The number of benzene rings is 3. The molecule has 3 aromatic carbocycles. The molecular weight excluding hydrogens is 466 g/mol. The molecule has 3 rings (SSSR count). The van der Waals surface area contributed by atoms with E-state index in [1.54, 1.807) is 54.6 Å². The summed E-state index contributed by atoms with van der Waals surface area (Å²) in [6.45, 7) is 2.22. The third-order valence-corrected chi connectivity index (χ3v) is 6.04. The number of hydrogen-bond donors (Lipinski definition) is 1. The van der Waals surface area contributed by atoms with Gasteiger partial charge in [-0.25, -0.2) is 13.2 Å². The molecule has 9 heteroatoms. The number of sulfone groups is 1. The molecule has 1 amide bonds. The topological polar surface area (TPSA) is 98.8 Å². The van der Waals surface area contributed by atoms with Gasteiger partial charge in [0.05, 0.1) is 27.8 Å². The fourth-order valence-corrected chi connectivity index (χ4v) is 3.85. The highest BCUT2D eigenvalue weighted by Gasteiger charge is 2.28. The van der Waals surface area contributed by atoms with Crippen molar-refractivity contribution < 1.29 is 27.5 Å². The summed E-state index contributed by atoms with van der Waals surface area (Å²) < 4.78 is 34.8. The third-order valence-electron chi connectivity index (χ3n) is 4.60. The number of amides is 1. The van der Waals surface area contributed by atoms with E-state index in [0.717, 1.165) is 12.3 Å². The van der Waals surface area contributed by atoms with Crippen LogP contribution < -0.4 is 10.1 Å². The van der Waals surface area contributed by atoms with E-state index in [-0.39, 0.29) is 15.5 Å². The molecule has 172 valence electrons. The molecule has 0 aliphatic rings. The highest BCUT2D eigenvalue weighted by molar-refractivity contribution is 7.90. The van der Waals surface area contributed by atoms with Gasteiger partial charge in [-0.2, -0.15) is 0 Å². The van der Waals surface area contributed by atoms with Crippen LogP contribution in [0.15, 0.2) is 77.7 Å². The molecule has 0 saturated carbocycles. The van der Waals surface area contributed by atoms with Gasteiger partial charge in [0, 0.05) is 11.8 Å². The van der Waals surface area contributed by atoms with Crippen LogP contribution >= 0.6 is 11.6 Å². The largest absolute Gasteiger partial charge is 0.492 e. The second-order valence-corrected chi connectivity index (χ2v) is 9.45. The predicted molar refractivity (Wildman–Crippen MR) is 125 cm³/mol. The summed E-state index contributed by atoms with van der Waals surface area (Å²) in [6, 6.07) is 19.0. The van der Waals surface area contributed by atoms with Gasteiger partial charge in [0.1, 0.15) is 5.75 Å². The van der Waals surface area contributed by atoms with E-state index in [2.05, 4.69) is 5.32 Å². The molecule has 33 heavy (non-hydrogen) atoms. The first-order chi connectivity index (χ1) is 15.7. The lowest BCUT2D eigenvalue weighted by Gasteiger charge is -2.19. The van der Waals surface area contributed by atoms with E-state index in [9.17, 15) is 18.0 Å². The fraction of sp³-hybridized carbons (Fsp3) is 0.167. The SMILES string of the molecule is CCOc1ccccc1NC(=O)[C@@H](OC(=O)c1cc(S(C)(=O)=O)ccc1Cl)c1ccccc1. The molecule has 0 fully saturated rings. The summed E-state index contributed by atoms with van der Waals surface area (Å²) in [5.74, 6) is -1.08. The predicted octanol–water partition coefficient (Wildman–Crippen LogP) is 4.68. The summed E-state index contributed by atoms with van der Waals surface area (Å²) >= 11 is 6.12. The molecule has 0 saturated heterocycles. The van der Waals surface area contributed by atoms with Crippen molar-refractivity contribution in [2.75, 3.05) is 18.2 Å². The lowest BCUT2D eigenvalue weighted by atomic mass is 10.1. The second-order valence-electron chi connectivity index (χ2n) is 7.03. The second kappa shape index (κ2) is 10.5. The number of rotatable bonds is 8. The number of halogens is 1. The highest BCUT2D eigenvalue weighted by Crippen LogP contribution is 2.28. The number of ether oxygens (including phenoxy) is 2. The Bertz CT molecular complexity index is 1260. The van der Waals surface area contributed by atoms with Crippen LogP contribution in [0.1, 0.15) is 28.9 Å². The van der Waals surface area contributed by atoms with Crippen molar-refractivity contribution in [3.63, 3.8) is 0 Å². The number of hydrogen-bond acceptors (Lipinski definition) is 6. The van der Waals surface area contributed by atoms with Gasteiger partial charge in [0.2, 0.25) is 6.10 Å². The lowest BCUT2D eigenvalue weighted by Crippen LogP contribution is -2.26. The van der Waals surface area contributed by atoms with Crippen LogP contribution in [0.2, 0.25) is 5.02 Å². The Morgan fingerprint density at radius 1 is 1.00 bits per heavy atom. The highest BCUT2D eigenvalue weighted by atomic mass is 35.5. The van der Waals surface area contributed by atoms with Gasteiger partial charge in [0.15, 0.2) is 9.84 Å². The molecule has 0 aliphatic heterocycles. The molecule has 0 heterocycles. The Kier molecular flexibility index (Phi) is 7.73. The van der Waals surface area contributed by atoms with E-state index in [4.69, 9.17) is 21.1 Å². The van der Waals surface area contributed by atoms with Crippen molar-refractivity contribution >= 4 is 39.0 Å². The van der Waals surface area contributed by atoms with Crippen molar-refractivity contribution in [2.24, 2.45) is 0 Å². The van der Waals surface area contributed by atoms with Crippen molar-refractivity contribution in [3.8, 4) is 5.75 Å². The van der Waals surface area contributed by atoms with Gasteiger partial charge in [0.25, 0.3) is 5.91 Å². The summed E-state index contributed by atoms with van der Waals surface area (Å²) in [5, 5.41) is 2.73. The van der Waals surface area contributed by atoms with Gasteiger partial charge in [-0.05, 0) is 37.3 Å². The Morgan fingerprint density at radius 2 is 1.67 bits per heavy atom. The molecule has 7 nitrogen and oxygen atoms in total. The lowest BCUT2D eigenvalue weighted by molar-refractivity contribution is -0.125. The standard InChI is InChI=1S/C24H22ClNO6S/c1-3-31-21-12-8-7-11-20(21)26-23(27)22(16-9-5-4-6-10-16)32-24(28)18-15-17(33(2,29)30)13-14-19(18)25/h4-15,22H,3H2,1-2H3,(H,26,27)/t22-/m0/s1. The van der Waals surface area contributed by atoms with Gasteiger partial charge in [-0.3, -0.25) is 4.79 Å². The normalized spacial score (nSPS) is 12.0. The number of anilines is 1. The van der Waals surface area contributed by atoms with Crippen LogP contribution in [0, 0.1) is 0 Å². The first-order valence-electron chi connectivity index (χ1n) is 9.99. The van der Waals surface area contributed by atoms with Gasteiger partial charge < -0.3 is 14.8 Å². The number of carbonyl (C=O) groups excluding carboxylic acids is 2. The van der Waals surface area contributed by atoms with E-state index in [1.165, 1.54) is 12.1 Å². The monoisotopic (exact) mass is 487 g/mol. The molecule has 0 spiro atoms. The van der Waals surface area contributed by atoms with E-state index >= 15 is 0 Å². The van der Waals surface area contributed by atoms with Crippen LogP contribution in [0.3, 0.4) is 0 Å². The third kappa shape index (κ3) is 6.12. The minimum absolute atomic E-state index is 0.00121. The van der Waals surface area contributed by atoms with Gasteiger partial charge in [-0.1, -0.05) is 54.1 Å². The average molecular weight is 488 g/mol.